The van der Waals surface area contributed by atoms with Crippen molar-refractivity contribution in [1.82, 2.24) is 0 Å². The lowest BCUT2D eigenvalue weighted by atomic mass is 10.3. The number of rotatable bonds is 2. The Balaban J connectivity index is 2.75. The molecular formula is C4H10NO. The predicted molar refractivity (Wildman–Crippen MR) is 25.0 cm³/mol. The first-order valence-corrected chi connectivity index (χ1v) is 1.98. The first-order valence-electron chi connectivity index (χ1n) is 1.98. The number of hydrogen-bond donors (Lipinski definition) is 2. The van der Waals surface area contributed by atoms with Gasteiger partial charge in [0.2, 0.25) is 0 Å². The van der Waals surface area contributed by atoms with Crippen molar-refractivity contribution in [3.8, 4) is 0 Å². The molecule has 0 heterocycles. The lowest BCUT2D eigenvalue weighted by molar-refractivity contribution is 0.185. The Labute approximate surface area is 38.0 Å². The Morgan fingerprint density at radius 1 is 1.83 bits per heavy atom. The molecule has 0 unspecified atom stereocenters. The molecule has 0 spiro atoms. The van der Waals surface area contributed by atoms with E-state index in [1.165, 1.54) is 0 Å². The fourth-order valence-corrected chi connectivity index (χ4v) is 0.118. The second-order valence-electron chi connectivity index (χ2n) is 1.18. The normalized spacial score (nSPS) is 14.5. The van der Waals surface area contributed by atoms with Gasteiger partial charge in [0, 0.05) is 6.54 Å². The molecule has 0 bridgehead atoms. The van der Waals surface area contributed by atoms with Crippen LogP contribution >= 0.6 is 0 Å². The SMILES string of the molecule is [CH2]C[C@H](O)CN. The van der Waals surface area contributed by atoms with E-state index in [-0.39, 0.29) is 0 Å². The number of aliphatic hydroxyl groups is 1. The summed E-state index contributed by atoms with van der Waals surface area (Å²) in [6.45, 7) is 3.75. The average Bonchev–Trinajstić information content (AvgIpc) is 1.65. The molecule has 2 nitrogen and oxygen atoms in total. The van der Waals surface area contributed by atoms with E-state index in [0.29, 0.717) is 13.0 Å². The fourth-order valence-electron chi connectivity index (χ4n) is 0.118. The van der Waals surface area contributed by atoms with Crippen molar-refractivity contribution in [2.24, 2.45) is 5.73 Å². The van der Waals surface area contributed by atoms with Crippen LogP contribution < -0.4 is 5.73 Å². The highest BCUT2D eigenvalue weighted by Gasteiger charge is 1.91. The summed E-state index contributed by atoms with van der Waals surface area (Å²) < 4.78 is 0. The van der Waals surface area contributed by atoms with Gasteiger partial charge in [0.1, 0.15) is 0 Å². The van der Waals surface area contributed by atoms with E-state index in [1.54, 1.807) is 0 Å². The average molecular weight is 88.1 g/mol. The minimum absolute atomic E-state index is 0.323. The van der Waals surface area contributed by atoms with Gasteiger partial charge in [0.25, 0.3) is 0 Å². The monoisotopic (exact) mass is 88.1 g/mol. The van der Waals surface area contributed by atoms with E-state index < -0.39 is 6.10 Å². The molecule has 0 saturated heterocycles. The lowest BCUT2D eigenvalue weighted by Crippen LogP contribution is -2.17. The van der Waals surface area contributed by atoms with Gasteiger partial charge < -0.3 is 10.8 Å². The Hall–Kier alpha value is -0.0800. The third kappa shape index (κ3) is 2.18. The standard InChI is InChI=1S/C4H10NO/c1-2-4(6)3-5/h4,6H,1-3,5H2/t4-/m0/s1. The van der Waals surface area contributed by atoms with Crippen LogP contribution in [-0.4, -0.2) is 17.8 Å². The van der Waals surface area contributed by atoms with Crippen LogP contribution in [0.25, 0.3) is 0 Å². The second-order valence-corrected chi connectivity index (χ2v) is 1.18. The maximum absolute atomic E-state index is 8.48. The summed E-state index contributed by atoms with van der Waals surface area (Å²) in [4.78, 5) is 0. The van der Waals surface area contributed by atoms with Crippen molar-refractivity contribution in [1.29, 1.82) is 0 Å². The molecule has 1 radical (unpaired) electrons. The summed E-state index contributed by atoms with van der Waals surface area (Å²) in [6, 6.07) is 0. The zero-order valence-corrected chi connectivity index (χ0v) is 3.72. The van der Waals surface area contributed by atoms with Gasteiger partial charge in [-0.15, -0.1) is 0 Å². The van der Waals surface area contributed by atoms with Crippen LogP contribution in [0.15, 0.2) is 0 Å². The maximum atomic E-state index is 8.48. The van der Waals surface area contributed by atoms with Crippen molar-refractivity contribution in [3.05, 3.63) is 6.92 Å². The van der Waals surface area contributed by atoms with Crippen molar-refractivity contribution in [2.75, 3.05) is 6.54 Å². The summed E-state index contributed by atoms with van der Waals surface area (Å²) in [6.07, 6.45) is 0.112. The zero-order valence-electron chi connectivity index (χ0n) is 3.72. The molecule has 0 aliphatic heterocycles. The van der Waals surface area contributed by atoms with Crippen molar-refractivity contribution in [2.45, 2.75) is 12.5 Å². The summed E-state index contributed by atoms with van der Waals surface area (Å²) in [5.74, 6) is 0. The smallest absolute Gasteiger partial charge is 0.0662 e. The van der Waals surface area contributed by atoms with Gasteiger partial charge in [-0.05, 0) is 6.42 Å². The molecule has 0 saturated carbocycles. The molecule has 37 valence electrons. The van der Waals surface area contributed by atoms with E-state index in [4.69, 9.17) is 10.8 Å². The lowest BCUT2D eigenvalue weighted by Gasteiger charge is -1.98. The highest BCUT2D eigenvalue weighted by molar-refractivity contribution is 4.54. The van der Waals surface area contributed by atoms with Crippen LogP contribution in [0.2, 0.25) is 0 Å². The summed E-state index contributed by atoms with van der Waals surface area (Å²) in [5.41, 5.74) is 4.99. The Kier molecular flexibility index (Phi) is 3.08. The molecule has 1 atom stereocenters. The molecule has 6 heavy (non-hydrogen) atoms. The Morgan fingerprint density at radius 3 is 2.33 bits per heavy atom. The van der Waals surface area contributed by atoms with Crippen LogP contribution in [0.3, 0.4) is 0 Å². The summed E-state index contributed by atoms with van der Waals surface area (Å²) in [5, 5.41) is 8.48. The van der Waals surface area contributed by atoms with Gasteiger partial charge in [-0.1, -0.05) is 6.92 Å². The Morgan fingerprint density at radius 2 is 2.33 bits per heavy atom. The molecule has 0 aromatic rings. The van der Waals surface area contributed by atoms with Gasteiger partial charge >= 0.3 is 0 Å². The molecule has 2 heteroatoms. The molecule has 0 aliphatic carbocycles. The molecule has 0 fully saturated rings. The van der Waals surface area contributed by atoms with Crippen LogP contribution in [0.5, 0.6) is 0 Å². The van der Waals surface area contributed by atoms with Crippen LogP contribution in [0.1, 0.15) is 6.42 Å². The highest BCUT2D eigenvalue weighted by Crippen LogP contribution is 1.81. The van der Waals surface area contributed by atoms with Crippen LogP contribution in [-0.2, 0) is 0 Å². The topological polar surface area (TPSA) is 46.2 Å². The number of hydrogen-bond acceptors (Lipinski definition) is 2. The van der Waals surface area contributed by atoms with Crippen LogP contribution in [0, 0.1) is 6.92 Å². The molecule has 0 rings (SSSR count). The van der Waals surface area contributed by atoms with Crippen molar-refractivity contribution >= 4 is 0 Å². The molecule has 0 aromatic carbocycles. The Bertz CT molecular complexity index is 26.7. The third-order valence-electron chi connectivity index (χ3n) is 0.605. The van der Waals surface area contributed by atoms with E-state index in [0.717, 1.165) is 0 Å². The minimum atomic E-state index is -0.398. The van der Waals surface area contributed by atoms with Gasteiger partial charge in [-0.2, -0.15) is 0 Å². The van der Waals surface area contributed by atoms with Gasteiger partial charge in [0.05, 0.1) is 6.10 Å². The first-order chi connectivity index (χ1) is 2.81. The van der Waals surface area contributed by atoms with Gasteiger partial charge in [0.15, 0.2) is 0 Å². The van der Waals surface area contributed by atoms with E-state index in [9.17, 15) is 0 Å². The molecule has 3 N–H and O–H groups in total. The van der Waals surface area contributed by atoms with E-state index in [1.807, 2.05) is 0 Å². The molecule has 0 aliphatic rings. The quantitative estimate of drug-likeness (QED) is 0.479. The number of aliphatic hydroxyl groups excluding tert-OH is 1. The predicted octanol–water partition coefficient (Wildman–Crippen LogP) is -0.470. The second kappa shape index (κ2) is 3.12. The zero-order chi connectivity index (χ0) is 4.99. The van der Waals surface area contributed by atoms with Crippen LogP contribution in [0.4, 0.5) is 0 Å². The minimum Gasteiger partial charge on any atom is -0.392 e. The maximum Gasteiger partial charge on any atom is 0.0662 e. The molecule has 0 amide bonds. The molecular weight excluding hydrogens is 78.1 g/mol. The molecule has 0 aromatic heterocycles. The summed E-state index contributed by atoms with van der Waals surface area (Å²) in [7, 11) is 0. The van der Waals surface area contributed by atoms with Gasteiger partial charge in [-0.3, -0.25) is 0 Å². The van der Waals surface area contributed by atoms with E-state index >= 15 is 0 Å². The first kappa shape index (κ1) is 5.92. The third-order valence-corrected chi connectivity index (χ3v) is 0.605. The fraction of sp³-hybridized carbons (Fsp3) is 0.750. The highest BCUT2D eigenvalue weighted by atomic mass is 16.3. The van der Waals surface area contributed by atoms with E-state index in [2.05, 4.69) is 6.92 Å². The largest absolute Gasteiger partial charge is 0.392 e. The number of nitrogens with two attached hydrogens (primary N) is 1. The van der Waals surface area contributed by atoms with Crippen molar-refractivity contribution in [3.63, 3.8) is 0 Å². The summed E-state index contributed by atoms with van der Waals surface area (Å²) >= 11 is 0. The van der Waals surface area contributed by atoms with Gasteiger partial charge in [-0.25, -0.2) is 0 Å². The van der Waals surface area contributed by atoms with Crippen molar-refractivity contribution < 1.29 is 5.11 Å².